The highest BCUT2D eigenvalue weighted by Gasteiger charge is 2.25. The van der Waals surface area contributed by atoms with Gasteiger partial charge >= 0.3 is 12.1 Å². The summed E-state index contributed by atoms with van der Waals surface area (Å²) < 4.78 is 11.9. The molecule has 0 spiro atoms. The molecule has 8 heteroatoms. The van der Waals surface area contributed by atoms with Crippen molar-refractivity contribution in [3.63, 3.8) is 0 Å². The third-order valence-electron chi connectivity index (χ3n) is 7.33. The van der Waals surface area contributed by atoms with Crippen LogP contribution in [0.1, 0.15) is 75.7 Å². The van der Waals surface area contributed by atoms with E-state index in [1.807, 2.05) is 63.2 Å². The zero-order chi connectivity index (χ0) is 30.1. The monoisotopic (exact) mass is 574 g/mol. The van der Waals surface area contributed by atoms with Crippen LogP contribution in [0.5, 0.6) is 5.75 Å². The molecule has 1 aliphatic rings. The number of aromatic nitrogens is 1. The Morgan fingerprint density at radius 2 is 1.74 bits per heavy atom. The van der Waals surface area contributed by atoms with E-state index >= 15 is 0 Å². The van der Waals surface area contributed by atoms with Gasteiger partial charge in [-0.1, -0.05) is 48.9 Å². The first kappa shape index (κ1) is 31.0. The van der Waals surface area contributed by atoms with E-state index in [2.05, 4.69) is 4.98 Å². The number of aliphatic carboxylic acids is 1. The van der Waals surface area contributed by atoms with E-state index in [0.717, 1.165) is 42.4 Å². The van der Waals surface area contributed by atoms with E-state index in [9.17, 15) is 19.8 Å². The maximum absolute atomic E-state index is 13.0. The zero-order valence-electron chi connectivity index (χ0n) is 24.8. The number of carboxylic acids is 1. The number of hydrogen-bond donors (Lipinski definition) is 2. The molecule has 0 saturated heterocycles. The molecule has 1 aliphatic carbocycles. The molecule has 2 aromatic carbocycles. The predicted molar refractivity (Wildman–Crippen MR) is 161 cm³/mol. The van der Waals surface area contributed by atoms with Gasteiger partial charge in [0, 0.05) is 30.1 Å². The summed E-state index contributed by atoms with van der Waals surface area (Å²) in [4.78, 5) is 30.0. The summed E-state index contributed by atoms with van der Waals surface area (Å²) in [5, 5.41) is 20.2. The first-order valence-electron chi connectivity index (χ1n) is 14.7. The summed E-state index contributed by atoms with van der Waals surface area (Å²) in [6.45, 7) is 5.91. The van der Waals surface area contributed by atoms with Gasteiger partial charge in [0.25, 0.3) is 0 Å². The topological polar surface area (TPSA) is 109 Å². The molecule has 0 aliphatic heterocycles. The molecule has 8 nitrogen and oxygen atoms in total. The Labute approximate surface area is 248 Å². The van der Waals surface area contributed by atoms with Gasteiger partial charge in [0.15, 0.2) is 0 Å². The van der Waals surface area contributed by atoms with Crippen molar-refractivity contribution in [3.8, 4) is 16.9 Å². The van der Waals surface area contributed by atoms with Gasteiger partial charge in [-0.15, -0.1) is 0 Å². The molecular formula is C34H42N2O6. The van der Waals surface area contributed by atoms with E-state index in [1.54, 1.807) is 24.5 Å². The molecule has 1 amide bonds. The standard InChI is InChI=1S/C34H42N2O6/c1-34(2,3)42-33(40)36(23-30(37)28-8-7-18-35-22-28)19-17-24-11-13-25(14-12-24)26-15-16-27(21-32(38)39)31(20-26)41-29-9-5-4-6-10-29/h7-8,11-16,18,20,22,29-30,37H,4-6,9-10,17,19,21,23H2,1-3H3,(H,38,39)/t30-/m1/s1. The zero-order valence-corrected chi connectivity index (χ0v) is 24.8. The average molecular weight is 575 g/mol. The van der Waals surface area contributed by atoms with E-state index in [1.165, 1.54) is 11.3 Å². The van der Waals surface area contributed by atoms with Crippen LogP contribution in [-0.4, -0.2) is 57.0 Å². The largest absolute Gasteiger partial charge is 0.490 e. The summed E-state index contributed by atoms with van der Waals surface area (Å²) in [6, 6.07) is 17.4. The molecule has 224 valence electrons. The SMILES string of the molecule is CC(C)(C)OC(=O)N(CCc1ccc(-c2ccc(CC(=O)O)c(OC3CCCCC3)c2)cc1)C[C@@H](O)c1cccnc1. The Hall–Kier alpha value is -3.91. The molecule has 0 unspecified atom stereocenters. The summed E-state index contributed by atoms with van der Waals surface area (Å²) >= 11 is 0. The van der Waals surface area contributed by atoms with Crippen molar-refractivity contribution >= 4 is 12.1 Å². The van der Waals surface area contributed by atoms with Gasteiger partial charge in [-0.25, -0.2) is 4.79 Å². The Morgan fingerprint density at radius 3 is 2.38 bits per heavy atom. The minimum Gasteiger partial charge on any atom is -0.490 e. The van der Waals surface area contributed by atoms with Gasteiger partial charge in [0.2, 0.25) is 0 Å². The number of benzene rings is 2. The van der Waals surface area contributed by atoms with Crippen molar-refractivity contribution in [2.24, 2.45) is 0 Å². The number of pyridine rings is 1. The molecule has 42 heavy (non-hydrogen) atoms. The Morgan fingerprint density at radius 1 is 1.02 bits per heavy atom. The second-order valence-electron chi connectivity index (χ2n) is 11.9. The minimum atomic E-state index is -0.886. The van der Waals surface area contributed by atoms with E-state index in [-0.39, 0.29) is 19.1 Å². The summed E-state index contributed by atoms with van der Waals surface area (Å²) in [6.07, 6.45) is 7.95. The Balaban J connectivity index is 1.46. The number of aliphatic hydroxyl groups is 1. The second kappa shape index (κ2) is 14.3. The fraction of sp³-hybridized carbons (Fsp3) is 0.441. The molecule has 1 fully saturated rings. The quantitative estimate of drug-likeness (QED) is 0.266. The molecule has 4 rings (SSSR count). The van der Waals surface area contributed by atoms with Gasteiger partial charge < -0.3 is 24.6 Å². The third-order valence-corrected chi connectivity index (χ3v) is 7.33. The maximum Gasteiger partial charge on any atom is 0.410 e. The third kappa shape index (κ3) is 9.31. The fourth-order valence-electron chi connectivity index (χ4n) is 5.11. The number of amides is 1. The van der Waals surface area contributed by atoms with Crippen molar-refractivity contribution in [2.45, 2.75) is 83.5 Å². The van der Waals surface area contributed by atoms with Crippen LogP contribution in [0.15, 0.2) is 67.0 Å². The van der Waals surface area contributed by atoms with Crippen LogP contribution in [0.4, 0.5) is 4.79 Å². The molecule has 1 aromatic heterocycles. The van der Waals surface area contributed by atoms with Crippen molar-refractivity contribution in [2.75, 3.05) is 13.1 Å². The van der Waals surface area contributed by atoms with Crippen LogP contribution in [0.25, 0.3) is 11.1 Å². The molecule has 0 bridgehead atoms. The smallest absolute Gasteiger partial charge is 0.410 e. The van der Waals surface area contributed by atoms with Gasteiger partial charge in [-0.05, 0) is 81.7 Å². The lowest BCUT2D eigenvalue weighted by Gasteiger charge is -2.29. The van der Waals surface area contributed by atoms with Crippen LogP contribution in [0.2, 0.25) is 0 Å². The number of ether oxygens (including phenoxy) is 2. The molecule has 1 atom stereocenters. The molecular weight excluding hydrogens is 532 g/mol. The Kier molecular flexibility index (Phi) is 10.6. The highest BCUT2D eigenvalue weighted by molar-refractivity contribution is 5.73. The normalized spacial score (nSPS) is 14.7. The number of nitrogens with zero attached hydrogens (tertiary/aromatic N) is 2. The summed E-state index contributed by atoms with van der Waals surface area (Å²) in [5.74, 6) is -0.236. The maximum atomic E-state index is 13.0. The molecule has 1 saturated carbocycles. The van der Waals surface area contributed by atoms with Gasteiger partial charge in [-0.3, -0.25) is 9.78 Å². The van der Waals surface area contributed by atoms with Gasteiger partial charge in [-0.2, -0.15) is 0 Å². The lowest BCUT2D eigenvalue weighted by molar-refractivity contribution is -0.136. The first-order chi connectivity index (χ1) is 20.1. The van der Waals surface area contributed by atoms with E-state index in [4.69, 9.17) is 9.47 Å². The lowest BCUT2D eigenvalue weighted by atomic mass is 9.97. The number of aliphatic hydroxyl groups excluding tert-OH is 1. The van der Waals surface area contributed by atoms with Crippen LogP contribution < -0.4 is 4.74 Å². The highest BCUT2D eigenvalue weighted by Crippen LogP contribution is 2.31. The molecule has 2 N–H and O–H groups in total. The lowest BCUT2D eigenvalue weighted by Crippen LogP contribution is -2.40. The number of carbonyl (C=O) groups is 2. The van der Waals surface area contributed by atoms with Crippen molar-refractivity contribution < 1.29 is 29.3 Å². The minimum absolute atomic E-state index is 0.0785. The summed E-state index contributed by atoms with van der Waals surface area (Å²) in [7, 11) is 0. The van der Waals surface area contributed by atoms with Crippen LogP contribution in [0, 0.1) is 0 Å². The first-order valence-corrected chi connectivity index (χ1v) is 14.7. The predicted octanol–water partition coefficient (Wildman–Crippen LogP) is 6.60. The second-order valence-corrected chi connectivity index (χ2v) is 11.9. The number of carbonyl (C=O) groups excluding carboxylic acids is 1. The van der Waals surface area contributed by atoms with Crippen molar-refractivity contribution in [1.82, 2.24) is 9.88 Å². The van der Waals surface area contributed by atoms with Crippen LogP contribution in [-0.2, 0) is 22.4 Å². The van der Waals surface area contributed by atoms with Gasteiger partial charge in [0.1, 0.15) is 11.4 Å². The Bertz CT molecular complexity index is 1310. The molecule has 3 aromatic rings. The van der Waals surface area contributed by atoms with Crippen molar-refractivity contribution in [1.29, 1.82) is 0 Å². The van der Waals surface area contributed by atoms with E-state index < -0.39 is 23.8 Å². The molecule has 0 radical (unpaired) electrons. The van der Waals surface area contributed by atoms with Crippen LogP contribution in [0.3, 0.4) is 0 Å². The highest BCUT2D eigenvalue weighted by atomic mass is 16.6. The molecule has 1 heterocycles. The summed E-state index contributed by atoms with van der Waals surface area (Å²) in [5.41, 5.74) is 3.64. The van der Waals surface area contributed by atoms with E-state index in [0.29, 0.717) is 29.8 Å². The fourth-order valence-corrected chi connectivity index (χ4v) is 5.11. The number of hydrogen-bond acceptors (Lipinski definition) is 6. The van der Waals surface area contributed by atoms with Crippen LogP contribution >= 0.6 is 0 Å². The number of carboxylic acid groups (broad SMARTS) is 1. The van der Waals surface area contributed by atoms with Gasteiger partial charge in [0.05, 0.1) is 25.2 Å². The van der Waals surface area contributed by atoms with Crippen molar-refractivity contribution in [3.05, 3.63) is 83.7 Å². The number of rotatable bonds is 11. The average Bonchev–Trinajstić information content (AvgIpc) is 2.96.